The number of carbonyl (C=O) groups is 2. The largest absolute Gasteiger partial charge is 0.493 e. The lowest BCUT2D eigenvalue weighted by atomic mass is 10.2. The molecule has 0 atom stereocenters. The third-order valence-electron chi connectivity index (χ3n) is 3.96. The van der Waals surface area contributed by atoms with Gasteiger partial charge in [-0.25, -0.2) is 0 Å². The topological polar surface area (TPSA) is 120 Å². The molecule has 1 rings (SSSR count). The van der Waals surface area contributed by atoms with E-state index in [1.807, 2.05) is 13.8 Å². The van der Waals surface area contributed by atoms with Crippen molar-refractivity contribution in [1.82, 2.24) is 10.2 Å². The Labute approximate surface area is 169 Å². The van der Waals surface area contributed by atoms with Crippen molar-refractivity contribution >= 4 is 18.0 Å². The van der Waals surface area contributed by atoms with Crippen molar-refractivity contribution in [3.63, 3.8) is 0 Å². The van der Waals surface area contributed by atoms with Crippen LogP contribution < -0.4 is 14.8 Å². The van der Waals surface area contributed by atoms with Crippen LogP contribution in [0.5, 0.6) is 11.5 Å². The summed E-state index contributed by atoms with van der Waals surface area (Å²) in [6.07, 6.45) is 3.09. The zero-order chi connectivity index (χ0) is 21.6. The fraction of sp³-hybridized carbons (Fsp3) is 0.474. The molecule has 0 aromatic heterocycles. The van der Waals surface area contributed by atoms with Crippen LogP contribution in [0.2, 0.25) is 0 Å². The zero-order valence-electron chi connectivity index (χ0n) is 16.9. The third kappa shape index (κ3) is 9.56. The summed E-state index contributed by atoms with van der Waals surface area (Å²) in [5, 5.41) is 11.5. The lowest BCUT2D eigenvalue weighted by molar-refractivity contribution is -0.757. The van der Waals surface area contributed by atoms with Gasteiger partial charge in [-0.2, -0.15) is 0 Å². The molecule has 0 radical (unpaired) electrons. The molecule has 0 saturated carbocycles. The van der Waals surface area contributed by atoms with Crippen molar-refractivity contribution < 1.29 is 29.0 Å². The highest BCUT2D eigenvalue weighted by Crippen LogP contribution is 2.29. The average Bonchev–Trinajstić information content (AvgIpc) is 2.71. The van der Waals surface area contributed by atoms with Crippen LogP contribution in [0.15, 0.2) is 24.3 Å². The van der Waals surface area contributed by atoms with Crippen LogP contribution in [0.1, 0.15) is 25.8 Å². The van der Waals surface area contributed by atoms with Gasteiger partial charge in [0.2, 0.25) is 5.91 Å². The van der Waals surface area contributed by atoms with Crippen molar-refractivity contribution in [3.8, 4) is 11.5 Å². The number of ether oxygens (including phenoxy) is 2. The number of hydrogen-bond donors (Lipinski definition) is 1. The van der Waals surface area contributed by atoms with Gasteiger partial charge in [0.15, 0.2) is 11.5 Å². The summed E-state index contributed by atoms with van der Waals surface area (Å²) in [5.41, 5.74) is 0.654. The molecule has 0 spiro atoms. The molecule has 0 aliphatic heterocycles. The van der Waals surface area contributed by atoms with Gasteiger partial charge in [-0.3, -0.25) is 9.59 Å². The third-order valence-corrected chi connectivity index (χ3v) is 3.96. The Bertz CT molecular complexity index is 718. The number of benzene rings is 1. The van der Waals surface area contributed by atoms with Crippen molar-refractivity contribution in [2.45, 2.75) is 20.3 Å². The lowest BCUT2D eigenvalue weighted by Crippen LogP contribution is -2.27. The quantitative estimate of drug-likeness (QED) is 0.130. The molecule has 0 heterocycles. The Morgan fingerprint density at radius 1 is 1.24 bits per heavy atom. The van der Waals surface area contributed by atoms with Crippen LogP contribution in [0.4, 0.5) is 0 Å². The Morgan fingerprint density at radius 3 is 2.59 bits per heavy atom. The lowest BCUT2D eigenvalue weighted by Gasteiger charge is -2.17. The molecule has 0 aliphatic carbocycles. The molecule has 1 aromatic carbocycles. The summed E-state index contributed by atoms with van der Waals surface area (Å²) in [4.78, 5) is 40.0. The maximum Gasteiger partial charge on any atom is 0.312 e. The minimum Gasteiger partial charge on any atom is -0.493 e. The summed E-state index contributed by atoms with van der Waals surface area (Å²) in [6.45, 7) is 6.20. The summed E-state index contributed by atoms with van der Waals surface area (Å²) in [5.74, 6) is -0.114. The highest BCUT2D eigenvalue weighted by molar-refractivity contribution is 5.91. The van der Waals surface area contributed by atoms with E-state index in [1.54, 1.807) is 18.2 Å². The van der Waals surface area contributed by atoms with Gasteiger partial charge in [-0.15, -0.1) is 10.1 Å². The second-order valence-corrected chi connectivity index (χ2v) is 5.84. The van der Waals surface area contributed by atoms with E-state index in [-0.39, 0.29) is 25.5 Å². The standard InChI is InChI=1S/C19H27N3O7/c1-4-21(5-2)12-10-19(24)29-16-8-6-15(14-17(16)27-3)7-9-18(23)20-11-13-28-22(25)26/h6-9,14H,4-5,10-13H2,1-3H3,(H,20,23)/b9-7+. The predicted molar refractivity (Wildman–Crippen MR) is 106 cm³/mol. The summed E-state index contributed by atoms with van der Waals surface area (Å²) >= 11 is 0. The Hall–Kier alpha value is -3.14. The number of nitrogens with one attached hydrogen (secondary N) is 1. The second kappa shape index (κ2) is 13.1. The van der Waals surface area contributed by atoms with E-state index in [1.165, 1.54) is 19.3 Å². The van der Waals surface area contributed by atoms with E-state index in [0.717, 1.165) is 13.1 Å². The monoisotopic (exact) mass is 409 g/mol. The smallest absolute Gasteiger partial charge is 0.312 e. The van der Waals surface area contributed by atoms with Gasteiger partial charge in [0, 0.05) is 19.2 Å². The van der Waals surface area contributed by atoms with E-state index >= 15 is 0 Å². The summed E-state index contributed by atoms with van der Waals surface area (Å²) in [6, 6.07) is 4.90. The van der Waals surface area contributed by atoms with Gasteiger partial charge in [0.1, 0.15) is 6.61 Å². The molecule has 29 heavy (non-hydrogen) atoms. The predicted octanol–water partition coefficient (Wildman–Crippen LogP) is 1.67. The molecule has 1 N–H and O–H groups in total. The van der Waals surface area contributed by atoms with Gasteiger partial charge in [0.25, 0.3) is 5.09 Å². The maximum atomic E-state index is 12.1. The maximum absolute atomic E-state index is 12.1. The van der Waals surface area contributed by atoms with Crippen molar-refractivity contribution in [2.24, 2.45) is 0 Å². The minimum absolute atomic E-state index is 0.00978. The molecule has 10 heteroatoms. The van der Waals surface area contributed by atoms with E-state index in [9.17, 15) is 19.7 Å². The van der Waals surface area contributed by atoms with Crippen molar-refractivity contribution in [2.75, 3.05) is 39.9 Å². The van der Waals surface area contributed by atoms with Crippen LogP contribution in [0.25, 0.3) is 6.08 Å². The minimum atomic E-state index is -0.924. The molecule has 10 nitrogen and oxygen atoms in total. The molecule has 0 bridgehead atoms. The van der Waals surface area contributed by atoms with Crippen LogP contribution in [-0.2, 0) is 14.4 Å². The highest BCUT2D eigenvalue weighted by Gasteiger charge is 2.12. The van der Waals surface area contributed by atoms with E-state index in [2.05, 4.69) is 15.1 Å². The molecule has 160 valence electrons. The molecule has 0 unspecified atom stereocenters. The number of amides is 1. The van der Waals surface area contributed by atoms with Crippen molar-refractivity contribution in [1.29, 1.82) is 0 Å². The highest BCUT2D eigenvalue weighted by atomic mass is 16.9. The second-order valence-electron chi connectivity index (χ2n) is 5.84. The number of nitrogens with zero attached hydrogens (tertiary/aromatic N) is 2. The van der Waals surface area contributed by atoms with Gasteiger partial charge in [0.05, 0.1) is 13.5 Å². The van der Waals surface area contributed by atoms with Crippen LogP contribution >= 0.6 is 0 Å². The molecule has 0 aliphatic rings. The van der Waals surface area contributed by atoms with E-state index in [4.69, 9.17) is 9.47 Å². The van der Waals surface area contributed by atoms with Gasteiger partial charge >= 0.3 is 5.97 Å². The first kappa shape index (κ1) is 23.9. The van der Waals surface area contributed by atoms with Gasteiger partial charge in [-0.05, 0) is 36.9 Å². The van der Waals surface area contributed by atoms with E-state index in [0.29, 0.717) is 23.6 Å². The van der Waals surface area contributed by atoms with Crippen LogP contribution in [0, 0.1) is 10.1 Å². The first-order valence-electron chi connectivity index (χ1n) is 9.23. The SMILES string of the molecule is CCN(CC)CCC(=O)Oc1ccc(/C=C/C(=O)NCCO[N+](=O)[O-])cc1OC. The fourth-order valence-corrected chi connectivity index (χ4v) is 2.36. The summed E-state index contributed by atoms with van der Waals surface area (Å²) in [7, 11) is 1.46. The normalized spacial score (nSPS) is 10.8. The van der Waals surface area contributed by atoms with E-state index < -0.39 is 11.0 Å². The van der Waals surface area contributed by atoms with Crippen molar-refractivity contribution in [3.05, 3.63) is 40.0 Å². The molecule has 1 amide bonds. The zero-order valence-corrected chi connectivity index (χ0v) is 16.9. The molecule has 0 fully saturated rings. The van der Waals surface area contributed by atoms with Crippen LogP contribution in [-0.4, -0.2) is 61.8 Å². The number of hydrogen-bond acceptors (Lipinski definition) is 8. The Kier molecular flexibility index (Phi) is 10.8. The molecule has 0 saturated heterocycles. The van der Waals surface area contributed by atoms with Crippen LogP contribution in [0.3, 0.4) is 0 Å². The average molecular weight is 409 g/mol. The molecular weight excluding hydrogens is 382 g/mol. The number of esters is 1. The first-order chi connectivity index (χ1) is 13.9. The Morgan fingerprint density at radius 2 is 1.97 bits per heavy atom. The molecule has 1 aromatic rings. The summed E-state index contributed by atoms with van der Waals surface area (Å²) < 4.78 is 10.6. The van der Waals surface area contributed by atoms with Gasteiger partial charge in [-0.1, -0.05) is 19.9 Å². The molecular formula is C19H27N3O7. The van der Waals surface area contributed by atoms with Gasteiger partial charge < -0.3 is 24.5 Å². The Balaban J connectivity index is 2.60. The number of methoxy groups -OCH3 is 1. The first-order valence-corrected chi connectivity index (χ1v) is 9.23. The fourth-order valence-electron chi connectivity index (χ4n) is 2.36. The number of rotatable bonds is 13. The number of carbonyl (C=O) groups excluding carboxylic acids is 2.